The van der Waals surface area contributed by atoms with Crippen molar-refractivity contribution in [3.05, 3.63) is 48.5 Å². The Hall–Kier alpha value is -2.29. The molecule has 0 saturated heterocycles. The van der Waals surface area contributed by atoms with Crippen molar-refractivity contribution in [1.82, 2.24) is 9.55 Å². The van der Waals surface area contributed by atoms with Gasteiger partial charge in [-0.2, -0.15) is 0 Å². The first kappa shape index (κ1) is 12.7. The van der Waals surface area contributed by atoms with Gasteiger partial charge in [0.05, 0.1) is 11.0 Å². The summed E-state index contributed by atoms with van der Waals surface area (Å²) in [4.78, 5) is 4.83. The molecule has 0 saturated carbocycles. The maximum absolute atomic E-state index is 4.83. The third-order valence-corrected chi connectivity index (χ3v) is 3.54. The molecule has 0 atom stereocenters. The van der Waals surface area contributed by atoms with Crippen LogP contribution in [0.25, 0.3) is 22.4 Å². The fourth-order valence-electron chi connectivity index (χ4n) is 2.63. The summed E-state index contributed by atoms with van der Waals surface area (Å²) in [5.74, 6) is 1.04. The van der Waals surface area contributed by atoms with E-state index in [0.29, 0.717) is 0 Å². The van der Waals surface area contributed by atoms with E-state index in [1.165, 1.54) is 5.52 Å². The average molecular weight is 265 g/mol. The van der Waals surface area contributed by atoms with Crippen LogP contribution in [-0.4, -0.2) is 16.6 Å². The number of hydrogen-bond acceptors (Lipinski definition) is 2. The number of para-hydroxylation sites is 3. The first-order chi connectivity index (χ1) is 9.85. The number of imidazole rings is 1. The summed E-state index contributed by atoms with van der Waals surface area (Å²) in [5.41, 5.74) is 4.52. The van der Waals surface area contributed by atoms with E-state index < -0.39 is 0 Å². The topological polar surface area (TPSA) is 29.9 Å². The van der Waals surface area contributed by atoms with Crippen molar-refractivity contribution in [1.29, 1.82) is 0 Å². The SMILES string of the molecule is CCCn1c(-c2ccccc2NC)nc2ccccc21. The Bertz CT molecular complexity index is 728. The van der Waals surface area contributed by atoms with Crippen molar-refractivity contribution in [2.24, 2.45) is 0 Å². The summed E-state index contributed by atoms with van der Waals surface area (Å²) < 4.78 is 2.31. The van der Waals surface area contributed by atoms with Crippen molar-refractivity contribution >= 4 is 16.7 Å². The van der Waals surface area contributed by atoms with Crippen LogP contribution in [0.5, 0.6) is 0 Å². The van der Waals surface area contributed by atoms with E-state index >= 15 is 0 Å². The zero-order valence-corrected chi connectivity index (χ0v) is 11.9. The molecule has 1 aromatic heterocycles. The number of hydrogen-bond donors (Lipinski definition) is 1. The van der Waals surface area contributed by atoms with Gasteiger partial charge in [-0.05, 0) is 30.7 Å². The van der Waals surface area contributed by atoms with Gasteiger partial charge in [-0.1, -0.05) is 31.2 Å². The van der Waals surface area contributed by atoms with Gasteiger partial charge >= 0.3 is 0 Å². The molecule has 0 aliphatic rings. The van der Waals surface area contributed by atoms with Crippen LogP contribution in [0.15, 0.2) is 48.5 Å². The molecule has 1 N–H and O–H groups in total. The lowest BCUT2D eigenvalue weighted by Gasteiger charge is -2.11. The monoisotopic (exact) mass is 265 g/mol. The van der Waals surface area contributed by atoms with E-state index in [9.17, 15) is 0 Å². The van der Waals surface area contributed by atoms with E-state index in [1.807, 2.05) is 19.2 Å². The van der Waals surface area contributed by atoms with Crippen molar-refractivity contribution in [3.63, 3.8) is 0 Å². The quantitative estimate of drug-likeness (QED) is 0.767. The second kappa shape index (κ2) is 5.37. The largest absolute Gasteiger partial charge is 0.388 e. The van der Waals surface area contributed by atoms with E-state index in [4.69, 9.17) is 4.98 Å². The normalized spacial score (nSPS) is 10.9. The maximum atomic E-state index is 4.83. The first-order valence-corrected chi connectivity index (χ1v) is 7.07. The minimum absolute atomic E-state index is 0.980. The van der Waals surface area contributed by atoms with Crippen LogP contribution < -0.4 is 5.32 Å². The summed E-state index contributed by atoms with van der Waals surface area (Å²) in [5, 5.41) is 3.25. The Morgan fingerprint density at radius 3 is 2.60 bits per heavy atom. The summed E-state index contributed by atoms with van der Waals surface area (Å²) in [6.07, 6.45) is 1.09. The molecule has 0 bridgehead atoms. The van der Waals surface area contributed by atoms with Gasteiger partial charge in [0.25, 0.3) is 0 Å². The van der Waals surface area contributed by atoms with Crippen LogP contribution in [0.4, 0.5) is 5.69 Å². The van der Waals surface area contributed by atoms with Gasteiger partial charge < -0.3 is 9.88 Å². The second-order valence-electron chi connectivity index (χ2n) is 4.87. The Kier molecular flexibility index (Phi) is 3.42. The van der Waals surface area contributed by atoms with Gasteiger partial charge in [0.2, 0.25) is 0 Å². The summed E-state index contributed by atoms with van der Waals surface area (Å²) in [7, 11) is 1.95. The van der Waals surface area contributed by atoms with E-state index in [0.717, 1.165) is 35.6 Å². The van der Waals surface area contributed by atoms with Crippen LogP contribution in [0.2, 0.25) is 0 Å². The van der Waals surface area contributed by atoms with Gasteiger partial charge in [0, 0.05) is 24.8 Å². The van der Waals surface area contributed by atoms with Gasteiger partial charge in [0.15, 0.2) is 0 Å². The molecule has 102 valence electrons. The Morgan fingerprint density at radius 1 is 1.05 bits per heavy atom. The molecule has 2 aromatic carbocycles. The van der Waals surface area contributed by atoms with Crippen LogP contribution in [-0.2, 0) is 6.54 Å². The molecule has 0 aliphatic heterocycles. The standard InChI is InChI=1S/C17H19N3/c1-3-12-20-16-11-7-6-10-15(16)19-17(20)13-8-4-5-9-14(13)18-2/h4-11,18H,3,12H2,1-2H3. The van der Waals surface area contributed by atoms with Crippen molar-refractivity contribution in [2.45, 2.75) is 19.9 Å². The van der Waals surface area contributed by atoms with Crippen LogP contribution in [0.1, 0.15) is 13.3 Å². The van der Waals surface area contributed by atoms with Crippen LogP contribution >= 0.6 is 0 Å². The molecule has 0 amide bonds. The van der Waals surface area contributed by atoms with Crippen molar-refractivity contribution in [3.8, 4) is 11.4 Å². The summed E-state index contributed by atoms with van der Waals surface area (Å²) in [6, 6.07) is 16.7. The maximum Gasteiger partial charge on any atom is 0.143 e. The number of nitrogens with one attached hydrogen (secondary N) is 1. The second-order valence-corrected chi connectivity index (χ2v) is 4.87. The zero-order valence-electron chi connectivity index (χ0n) is 11.9. The molecule has 3 nitrogen and oxygen atoms in total. The highest BCUT2D eigenvalue weighted by molar-refractivity contribution is 5.84. The number of aryl methyl sites for hydroxylation is 1. The van der Waals surface area contributed by atoms with Crippen LogP contribution in [0, 0.1) is 0 Å². The number of aromatic nitrogens is 2. The van der Waals surface area contributed by atoms with E-state index in [1.54, 1.807) is 0 Å². The van der Waals surface area contributed by atoms with Crippen molar-refractivity contribution < 1.29 is 0 Å². The lowest BCUT2D eigenvalue weighted by Crippen LogP contribution is -2.01. The smallest absolute Gasteiger partial charge is 0.143 e. The third kappa shape index (κ3) is 2.05. The highest BCUT2D eigenvalue weighted by Crippen LogP contribution is 2.30. The summed E-state index contributed by atoms with van der Waals surface area (Å²) in [6.45, 7) is 3.18. The number of nitrogens with zero attached hydrogens (tertiary/aromatic N) is 2. The molecule has 3 rings (SSSR count). The summed E-state index contributed by atoms with van der Waals surface area (Å²) >= 11 is 0. The predicted octanol–water partition coefficient (Wildman–Crippen LogP) is 4.16. The molecule has 20 heavy (non-hydrogen) atoms. The molecular formula is C17H19N3. The lowest BCUT2D eigenvalue weighted by atomic mass is 10.1. The molecule has 0 radical (unpaired) electrons. The van der Waals surface area contributed by atoms with Gasteiger partial charge in [-0.25, -0.2) is 4.98 Å². The Labute approximate surface area is 119 Å². The Morgan fingerprint density at radius 2 is 1.80 bits per heavy atom. The fourth-order valence-corrected chi connectivity index (χ4v) is 2.63. The van der Waals surface area contributed by atoms with E-state index in [2.05, 4.69) is 53.2 Å². The number of anilines is 1. The molecule has 0 unspecified atom stereocenters. The van der Waals surface area contributed by atoms with Gasteiger partial charge in [-0.3, -0.25) is 0 Å². The Balaban J connectivity index is 2.27. The molecule has 0 spiro atoms. The van der Waals surface area contributed by atoms with Crippen LogP contribution in [0.3, 0.4) is 0 Å². The minimum atomic E-state index is 0.980. The number of benzene rings is 2. The zero-order chi connectivity index (χ0) is 13.9. The molecule has 0 fully saturated rings. The highest BCUT2D eigenvalue weighted by Gasteiger charge is 2.13. The van der Waals surface area contributed by atoms with E-state index in [-0.39, 0.29) is 0 Å². The fraction of sp³-hybridized carbons (Fsp3) is 0.235. The number of rotatable bonds is 4. The molecule has 3 aromatic rings. The first-order valence-electron chi connectivity index (χ1n) is 7.07. The van der Waals surface area contributed by atoms with Crippen molar-refractivity contribution in [2.75, 3.05) is 12.4 Å². The molecular weight excluding hydrogens is 246 g/mol. The number of fused-ring (bicyclic) bond motifs is 1. The minimum Gasteiger partial charge on any atom is -0.388 e. The molecule has 0 aliphatic carbocycles. The van der Waals surface area contributed by atoms with Gasteiger partial charge in [-0.15, -0.1) is 0 Å². The highest BCUT2D eigenvalue weighted by atomic mass is 15.1. The molecule has 3 heteroatoms. The van der Waals surface area contributed by atoms with Gasteiger partial charge in [0.1, 0.15) is 5.82 Å². The lowest BCUT2D eigenvalue weighted by molar-refractivity contribution is 0.704. The molecule has 1 heterocycles. The predicted molar refractivity (Wildman–Crippen MR) is 85.0 cm³/mol. The average Bonchev–Trinajstić information content (AvgIpc) is 2.86. The third-order valence-electron chi connectivity index (χ3n) is 3.54.